The Morgan fingerprint density at radius 2 is 1.96 bits per heavy atom. The van der Waals surface area contributed by atoms with E-state index in [1.165, 1.54) is 16.9 Å². The second-order valence-electron chi connectivity index (χ2n) is 6.82. The minimum Gasteiger partial charge on any atom is -0.549 e. The molecule has 8 heteroatoms. The van der Waals surface area contributed by atoms with Crippen molar-refractivity contribution in [3.8, 4) is 0 Å². The highest BCUT2D eigenvalue weighted by Gasteiger charge is 2.21. The fraction of sp³-hybridized carbons (Fsp3) is 0.350. The van der Waals surface area contributed by atoms with Crippen LogP contribution in [0.4, 0.5) is 5.82 Å². The molecule has 0 saturated carbocycles. The lowest BCUT2D eigenvalue weighted by molar-refractivity contribution is -0.301. The molecule has 3 aromatic rings. The molecule has 0 aliphatic heterocycles. The van der Waals surface area contributed by atoms with Gasteiger partial charge < -0.3 is 15.2 Å². The number of carboxylic acid groups (broad SMARTS) is 1. The molecule has 6 nitrogen and oxygen atoms in total. The van der Waals surface area contributed by atoms with E-state index in [0.29, 0.717) is 12.4 Å². The molecule has 1 aliphatic carbocycles. The van der Waals surface area contributed by atoms with Crippen LogP contribution in [0, 0.1) is 0 Å². The number of benzene rings is 1. The van der Waals surface area contributed by atoms with Gasteiger partial charge in [-0.15, -0.1) is 11.3 Å². The fourth-order valence-electron chi connectivity index (χ4n) is 3.50. The van der Waals surface area contributed by atoms with Crippen LogP contribution in [0.25, 0.3) is 10.2 Å². The van der Waals surface area contributed by atoms with Crippen LogP contribution in [-0.2, 0) is 40.7 Å². The molecule has 1 unspecified atom stereocenters. The van der Waals surface area contributed by atoms with Crippen LogP contribution >= 0.6 is 11.3 Å². The van der Waals surface area contributed by atoms with Crippen molar-refractivity contribution in [3.05, 3.63) is 52.2 Å². The first-order chi connectivity index (χ1) is 13.6. The second-order valence-corrected chi connectivity index (χ2v) is 9.36. The summed E-state index contributed by atoms with van der Waals surface area (Å²) < 4.78 is 12.0. The zero-order chi connectivity index (χ0) is 19.5. The molecule has 4 rings (SSSR count). The molecule has 2 heterocycles. The smallest absolute Gasteiger partial charge is 0.144 e. The minimum atomic E-state index is -1.59. The van der Waals surface area contributed by atoms with Crippen LogP contribution in [0.5, 0.6) is 0 Å². The second kappa shape index (κ2) is 8.36. The number of carboxylic acids is 1. The van der Waals surface area contributed by atoms with E-state index in [0.717, 1.165) is 40.9 Å². The van der Waals surface area contributed by atoms with E-state index in [9.17, 15) is 14.1 Å². The highest BCUT2D eigenvalue weighted by atomic mass is 32.2. The number of carbonyl (C=O) groups excluding carboxylic acids is 1. The molecule has 0 radical (unpaired) electrons. The van der Waals surface area contributed by atoms with Crippen LogP contribution in [0.3, 0.4) is 0 Å². The molecule has 1 aromatic carbocycles. The van der Waals surface area contributed by atoms with Gasteiger partial charge in [-0.05, 0) is 36.8 Å². The summed E-state index contributed by atoms with van der Waals surface area (Å²) in [6.45, 7) is 0.624. The number of carbonyl (C=O) groups is 1. The highest BCUT2D eigenvalue weighted by Crippen LogP contribution is 2.38. The van der Waals surface area contributed by atoms with E-state index >= 15 is 0 Å². The van der Waals surface area contributed by atoms with Gasteiger partial charge in [0.15, 0.2) is 0 Å². The predicted molar refractivity (Wildman–Crippen MR) is 110 cm³/mol. The topological polar surface area (TPSA) is 95.0 Å². The van der Waals surface area contributed by atoms with Crippen molar-refractivity contribution in [2.24, 2.45) is 0 Å². The number of aliphatic carboxylic acids is 1. The standard InChI is InChI=1S/C20H21N3O3S2/c24-17(25)12-28(26)11-16-22-19(21-10-13-6-2-1-3-7-13)18-14-8-4-5-9-15(14)27-20(18)23-16/h1-3,6-7H,4-5,8-12H2,(H,24,25)(H,21,22,23)/p-1. The maximum atomic E-state index is 12.0. The van der Waals surface area contributed by atoms with Crippen molar-refractivity contribution in [2.45, 2.75) is 38.0 Å². The third-order valence-corrected chi connectivity index (χ3v) is 7.06. The van der Waals surface area contributed by atoms with Gasteiger partial charge in [0.1, 0.15) is 16.5 Å². The van der Waals surface area contributed by atoms with Gasteiger partial charge in [0.2, 0.25) is 0 Å². The quantitative estimate of drug-likeness (QED) is 0.637. The summed E-state index contributed by atoms with van der Waals surface area (Å²) in [5.74, 6) is -0.676. The van der Waals surface area contributed by atoms with Gasteiger partial charge in [0.25, 0.3) is 0 Å². The van der Waals surface area contributed by atoms with Crippen molar-refractivity contribution >= 4 is 44.1 Å². The highest BCUT2D eigenvalue weighted by molar-refractivity contribution is 7.84. The molecule has 146 valence electrons. The third kappa shape index (κ3) is 4.23. The number of aromatic nitrogens is 2. The Labute approximate surface area is 169 Å². The van der Waals surface area contributed by atoms with Gasteiger partial charge in [-0.1, -0.05) is 30.3 Å². The van der Waals surface area contributed by atoms with Crippen molar-refractivity contribution < 1.29 is 14.1 Å². The lowest BCUT2D eigenvalue weighted by Gasteiger charge is -2.13. The molecule has 28 heavy (non-hydrogen) atoms. The lowest BCUT2D eigenvalue weighted by Crippen LogP contribution is -2.28. The van der Waals surface area contributed by atoms with E-state index in [-0.39, 0.29) is 5.75 Å². The fourth-order valence-corrected chi connectivity index (χ4v) is 5.56. The Morgan fingerprint density at radius 3 is 2.75 bits per heavy atom. The molecule has 1 N–H and O–H groups in total. The van der Waals surface area contributed by atoms with E-state index in [2.05, 4.69) is 15.3 Å². The van der Waals surface area contributed by atoms with Crippen LogP contribution in [0.1, 0.15) is 34.7 Å². The summed E-state index contributed by atoms with van der Waals surface area (Å²) in [7, 11) is -1.59. The number of rotatable bonds is 7. The van der Waals surface area contributed by atoms with Crippen molar-refractivity contribution in [1.29, 1.82) is 0 Å². The van der Waals surface area contributed by atoms with Gasteiger partial charge in [-0.25, -0.2) is 9.97 Å². The number of hydrogen-bond acceptors (Lipinski definition) is 7. The summed E-state index contributed by atoms with van der Waals surface area (Å²) in [5, 5.41) is 15.2. The van der Waals surface area contributed by atoms with Gasteiger partial charge >= 0.3 is 0 Å². The van der Waals surface area contributed by atoms with Crippen LogP contribution < -0.4 is 10.4 Å². The molecule has 1 atom stereocenters. The molecule has 0 bridgehead atoms. The molecular weight excluding hydrogens is 394 g/mol. The first-order valence-electron chi connectivity index (χ1n) is 9.24. The van der Waals surface area contributed by atoms with Crippen molar-refractivity contribution in [3.63, 3.8) is 0 Å². The first kappa shape index (κ1) is 19.0. The number of nitrogens with zero attached hydrogens (tertiary/aromatic N) is 2. The monoisotopic (exact) mass is 414 g/mol. The van der Waals surface area contributed by atoms with Gasteiger partial charge in [0, 0.05) is 22.2 Å². The number of nitrogens with one attached hydrogen (secondary N) is 1. The number of hydrogen-bond donors (Lipinski definition) is 1. The summed E-state index contributed by atoms with van der Waals surface area (Å²) in [6.07, 6.45) is 4.42. The zero-order valence-electron chi connectivity index (χ0n) is 15.3. The Morgan fingerprint density at radius 1 is 1.18 bits per heavy atom. The van der Waals surface area contributed by atoms with E-state index in [1.54, 1.807) is 11.3 Å². The van der Waals surface area contributed by atoms with E-state index in [1.807, 2.05) is 30.3 Å². The average Bonchev–Trinajstić information content (AvgIpc) is 3.04. The van der Waals surface area contributed by atoms with Crippen LogP contribution in [-0.4, -0.2) is 25.9 Å². The molecule has 1 aliphatic rings. The Bertz CT molecular complexity index is 1030. The number of thiophene rings is 1. The summed E-state index contributed by atoms with van der Waals surface area (Å²) in [6, 6.07) is 10.1. The SMILES string of the molecule is O=C([O-])CS(=O)Cc1nc(NCc2ccccc2)c2c3c(sc2n1)CCCC3. The number of fused-ring (bicyclic) bond motifs is 3. The lowest BCUT2D eigenvalue weighted by atomic mass is 9.97. The zero-order valence-corrected chi connectivity index (χ0v) is 16.9. The molecular formula is C20H20N3O3S2-. The minimum absolute atomic E-state index is 0.00645. The number of aryl methyl sites for hydroxylation is 2. The summed E-state index contributed by atoms with van der Waals surface area (Å²) in [5.41, 5.74) is 2.46. The molecule has 0 spiro atoms. The molecule has 0 fully saturated rings. The average molecular weight is 415 g/mol. The summed E-state index contributed by atoms with van der Waals surface area (Å²) in [4.78, 5) is 22.2. The number of anilines is 1. The van der Waals surface area contributed by atoms with Crippen molar-refractivity contribution in [2.75, 3.05) is 11.1 Å². The van der Waals surface area contributed by atoms with Gasteiger partial charge in [-0.2, -0.15) is 0 Å². The largest absolute Gasteiger partial charge is 0.549 e. The van der Waals surface area contributed by atoms with Gasteiger partial charge in [0.05, 0.1) is 22.9 Å². The van der Waals surface area contributed by atoms with Crippen LogP contribution in [0.2, 0.25) is 0 Å². The predicted octanol–water partition coefficient (Wildman–Crippen LogP) is 2.18. The molecule has 0 saturated heterocycles. The normalized spacial score (nSPS) is 14.6. The Kier molecular flexibility index (Phi) is 5.68. The Hall–Kier alpha value is -2.32. The first-order valence-corrected chi connectivity index (χ1v) is 11.5. The maximum absolute atomic E-state index is 12.0. The van der Waals surface area contributed by atoms with Gasteiger partial charge in [-0.3, -0.25) is 4.21 Å². The Balaban J connectivity index is 1.69. The molecule has 2 aromatic heterocycles. The molecule has 0 amide bonds. The van der Waals surface area contributed by atoms with E-state index in [4.69, 9.17) is 0 Å². The van der Waals surface area contributed by atoms with Crippen molar-refractivity contribution in [1.82, 2.24) is 9.97 Å². The summed E-state index contributed by atoms with van der Waals surface area (Å²) >= 11 is 1.67. The maximum Gasteiger partial charge on any atom is 0.144 e. The third-order valence-electron chi connectivity index (χ3n) is 4.73. The van der Waals surface area contributed by atoms with E-state index < -0.39 is 22.5 Å². The van der Waals surface area contributed by atoms with Crippen LogP contribution in [0.15, 0.2) is 30.3 Å².